The Labute approximate surface area is 342 Å². The minimum Gasteiger partial charge on any atom is -0.310 e. The van der Waals surface area contributed by atoms with E-state index in [9.17, 15) is 0 Å². The lowest BCUT2D eigenvalue weighted by Gasteiger charge is -2.27. The van der Waals surface area contributed by atoms with Crippen LogP contribution in [0, 0.1) is 0 Å². The minimum absolute atomic E-state index is 1.10. The van der Waals surface area contributed by atoms with Gasteiger partial charge in [-0.25, -0.2) is 0 Å². The first-order valence-corrected chi connectivity index (χ1v) is 20.6. The van der Waals surface area contributed by atoms with Gasteiger partial charge in [0.05, 0.1) is 0 Å². The van der Waals surface area contributed by atoms with E-state index in [4.69, 9.17) is 0 Å². The standard InChI is InChI=1S/C56H37NS/c1-4-14-38(15-5-1)44-32-45(39-16-6-2-7-17-39)35-49(34-44)57(48-31-28-43-37-55-53(36-46(43)33-48)52-22-10-11-25-54(52)58-55)47-29-26-41(27-30-47)51-24-13-21-42-20-12-23-50(56(42)51)40-18-8-3-9-19-40/h1-37H. The number of thiophene rings is 1. The zero-order chi connectivity index (χ0) is 38.4. The number of hydrogen-bond donors (Lipinski definition) is 0. The molecule has 0 unspecified atom stereocenters. The minimum atomic E-state index is 1.10. The maximum absolute atomic E-state index is 2.43. The van der Waals surface area contributed by atoms with Crippen LogP contribution < -0.4 is 4.90 Å². The molecule has 0 aliphatic heterocycles. The highest BCUT2D eigenvalue weighted by Crippen LogP contribution is 2.44. The SMILES string of the molecule is c1ccc(-c2cc(-c3ccccc3)cc(N(c3ccc(-c4cccc5cccc(-c6ccccc6)c45)cc3)c3ccc4cc5sc6ccccc6c5cc4c3)c2)cc1. The first kappa shape index (κ1) is 34.0. The normalized spacial score (nSPS) is 11.4. The van der Waals surface area contributed by atoms with E-state index in [2.05, 4.69) is 229 Å². The van der Waals surface area contributed by atoms with Crippen molar-refractivity contribution in [3.63, 3.8) is 0 Å². The topological polar surface area (TPSA) is 3.24 Å². The van der Waals surface area contributed by atoms with E-state index in [0.29, 0.717) is 0 Å². The van der Waals surface area contributed by atoms with E-state index in [1.54, 1.807) is 0 Å². The van der Waals surface area contributed by atoms with E-state index in [1.807, 2.05) is 11.3 Å². The molecule has 0 N–H and O–H groups in total. The molecule has 1 heterocycles. The second-order valence-electron chi connectivity index (χ2n) is 14.9. The van der Waals surface area contributed by atoms with E-state index in [-0.39, 0.29) is 0 Å². The van der Waals surface area contributed by atoms with Crippen LogP contribution in [-0.2, 0) is 0 Å². The van der Waals surface area contributed by atoms with Gasteiger partial charge in [-0.15, -0.1) is 11.3 Å². The average molecular weight is 756 g/mol. The van der Waals surface area contributed by atoms with Gasteiger partial charge in [0.25, 0.3) is 0 Å². The summed E-state index contributed by atoms with van der Waals surface area (Å²) in [4.78, 5) is 2.43. The lowest BCUT2D eigenvalue weighted by atomic mass is 9.91. The second kappa shape index (κ2) is 14.4. The Hall–Kier alpha value is -7.26. The number of nitrogens with zero attached hydrogens (tertiary/aromatic N) is 1. The van der Waals surface area contributed by atoms with E-state index >= 15 is 0 Å². The molecule has 1 aromatic heterocycles. The van der Waals surface area contributed by atoms with Crippen molar-refractivity contribution in [3.05, 3.63) is 224 Å². The van der Waals surface area contributed by atoms with Crippen molar-refractivity contribution in [2.45, 2.75) is 0 Å². The van der Waals surface area contributed by atoms with Crippen LogP contribution >= 0.6 is 11.3 Å². The summed E-state index contributed by atoms with van der Waals surface area (Å²) in [5, 5.41) is 7.59. The van der Waals surface area contributed by atoms with Crippen molar-refractivity contribution in [2.24, 2.45) is 0 Å². The van der Waals surface area contributed by atoms with Gasteiger partial charge in [0.15, 0.2) is 0 Å². The monoisotopic (exact) mass is 755 g/mol. The van der Waals surface area contributed by atoms with Crippen molar-refractivity contribution in [1.29, 1.82) is 0 Å². The Kier molecular flexibility index (Phi) is 8.42. The van der Waals surface area contributed by atoms with Gasteiger partial charge in [0.1, 0.15) is 0 Å². The first-order valence-electron chi connectivity index (χ1n) is 19.8. The summed E-state index contributed by atoms with van der Waals surface area (Å²) in [5.74, 6) is 0. The van der Waals surface area contributed by atoms with E-state index in [0.717, 1.165) is 17.1 Å². The molecule has 11 rings (SSSR count). The molecule has 2 heteroatoms. The van der Waals surface area contributed by atoms with Crippen LogP contribution in [0.15, 0.2) is 224 Å². The fourth-order valence-corrected chi connectivity index (χ4v) is 9.74. The molecule has 0 aliphatic rings. The molecule has 0 aliphatic carbocycles. The van der Waals surface area contributed by atoms with Crippen LogP contribution in [0.25, 0.3) is 86.2 Å². The third-order valence-electron chi connectivity index (χ3n) is 11.4. The van der Waals surface area contributed by atoms with Crippen molar-refractivity contribution in [2.75, 3.05) is 4.90 Å². The molecule has 0 atom stereocenters. The van der Waals surface area contributed by atoms with Gasteiger partial charge in [-0.1, -0.05) is 164 Å². The smallest absolute Gasteiger partial charge is 0.0473 e. The summed E-state index contributed by atoms with van der Waals surface area (Å²) in [6.07, 6.45) is 0. The maximum Gasteiger partial charge on any atom is 0.0473 e. The van der Waals surface area contributed by atoms with Gasteiger partial charge in [-0.2, -0.15) is 0 Å². The van der Waals surface area contributed by atoms with Gasteiger partial charge in [-0.05, 0) is 127 Å². The molecular weight excluding hydrogens is 719 g/mol. The van der Waals surface area contributed by atoms with Crippen LogP contribution in [0.3, 0.4) is 0 Å². The summed E-state index contributed by atoms with van der Waals surface area (Å²) in [6.45, 7) is 0. The highest BCUT2D eigenvalue weighted by atomic mass is 32.1. The van der Waals surface area contributed by atoms with Gasteiger partial charge < -0.3 is 4.90 Å². The number of fused-ring (bicyclic) bond motifs is 5. The van der Waals surface area contributed by atoms with Crippen molar-refractivity contribution in [1.82, 2.24) is 0 Å². The van der Waals surface area contributed by atoms with Gasteiger partial charge in [0, 0.05) is 37.2 Å². The lowest BCUT2D eigenvalue weighted by molar-refractivity contribution is 1.29. The molecule has 1 nitrogen and oxygen atoms in total. The summed E-state index contributed by atoms with van der Waals surface area (Å²) < 4.78 is 2.64. The third kappa shape index (κ3) is 6.12. The number of benzene rings is 10. The molecule has 272 valence electrons. The molecule has 0 amide bonds. The molecule has 58 heavy (non-hydrogen) atoms. The zero-order valence-corrected chi connectivity index (χ0v) is 32.5. The maximum atomic E-state index is 2.43. The predicted molar refractivity (Wildman–Crippen MR) is 251 cm³/mol. The third-order valence-corrected chi connectivity index (χ3v) is 12.5. The fourth-order valence-electron chi connectivity index (χ4n) is 8.61. The summed E-state index contributed by atoms with van der Waals surface area (Å²) in [6, 6.07) is 82.1. The summed E-state index contributed by atoms with van der Waals surface area (Å²) in [7, 11) is 0. The lowest BCUT2D eigenvalue weighted by Crippen LogP contribution is -2.10. The first-order chi connectivity index (χ1) is 28.7. The van der Waals surface area contributed by atoms with Crippen LogP contribution in [0.1, 0.15) is 0 Å². The Bertz CT molecular complexity index is 3190. The molecular formula is C56H37NS. The van der Waals surface area contributed by atoms with Crippen LogP contribution in [0.5, 0.6) is 0 Å². The zero-order valence-electron chi connectivity index (χ0n) is 31.7. The second-order valence-corrected chi connectivity index (χ2v) is 16.0. The van der Waals surface area contributed by atoms with Gasteiger partial charge in [-0.3, -0.25) is 0 Å². The highest BCUT2D eigenvalue weighted by molar-refractivity contribution is 7.25. The van der Waals surface area contributed by atoms with Crippen LogP contribution in [0.2, 0.25) is 0 Å². The van der Waals surface area contributed by atoms with Crippen LogP contribution in [0.4, 0.5) is 17.1 Å². The Balaban J connectivity index is 1.11. The van der Waals surface area contributed by atoms with Crippen molar-refractivity contribution in [3.8, 4) is 44.5 Å². The van der Waals surface area contributed by atoms with Crippen LogP contribution in [-0.4, -0.2) is 0 Å². The number of rotatable bonds is 7. The summed E-state index contributed by atoms with van der Waals surface area (Å²) in [5.41, 5.74) is 12.9. The molecule has 0 saturated heterocycles. The molecule has 0 bridgehead atoms. The molecule has 10 aromatic carbocycles. The van der Waals surface area contributed by atoms with Crippen molar-refractivity contribution >= 4 is 70.1 Å². The Morgan fingerprint density at radius 3 is 1.50 bits per heavy atom. The highest BCUT2D eigenvalue weighted by Gasteiger charge is 2.18. The van der Waals surface area contributed by atoms with Gasteiger partial charge >= 0.3 is 0 Å². The molecule has 11 aromatic rings. The average Bonchev–Trinajstić information content (AvgIpc) is 3.66. The quantitative estimate of drug-likeness (QED) is 0.157. The molecule has 0 saturated carbocycles. The fraction of sp³-hybridized carbons (Fsp3) is 0. The van der Waals surface area contributed by atoms with E-state index in [1.165, 1.54) is 86.2 Å². The Morgan fingerprint density at radius 1 is 0.276 bits per heavy atom. The molecule has 0 fully saturated rings. The van der Waals surface area contributed by atoms with Gasteiger partial charge in [0.2, 0.25) is 0 Å². The van der Waals surface area contributed by atoms with Crippen molar-refractivity contribution < 1.29 is 0 Å². The number of anilines is 3. The number of hydrogen-bond acceptors (Lipinski definition) is 2. The largest absolute Gasteiger partial charge is 0.310 e. The molecule has 0 radical (unpaired) electrons. The Morgan fingerprint density at radius 2 is 0.845 bits per heavy atom. The summed E-state index contributed by atoms with van der Waals surface area (Å²) >= 11 is 1.87. The predicted octanol–water partition coefficient (Wildman–Crippen LogP) is 16.5. The molecule has 0 spiro atoms. The van der Waals surface area contributed by atoms with E-state index < -0.39 is 0 Å².